The van der Waals surface area contributed by atoms with Gasteiger partial charge < -0.3 is 10.5 Å². The summed E-state index contributed by atoms with van der Waals surface area (Å²) in [5.74, 6) is -0.358. The summed E-state index contributed by atoms with van der Waals surface area (Å²) in [6, 6.07) is 5.54. The second-order valence-electron chi connectivity index (χ2n) is 3.36. The molecule has 0 saturated heterocycles. The van der Waals surface area contributed by atoms with Gasteiger partial charge in [-0.15, -0.1) is 12.4 Å². The van der Waals surface area contributed by atoms with Crippen LogP contribution in [0.5, 0.6) is 0 Å². The standard InChI is InChI=1S/C11H13N3O4.ClH/c1-2-18-11(15)7-10(12)13-8-3-5-9(6-4-8)14(16)17;/h3-6H,2,7H2,1H3,(H2,12,13);1H. The highest BCUT2D eigenvalue weighted by molar-refractivity contribution is 5.97. The number of carbonyl (C=O) groups is 1. The van der Waals surface area contributed by atoms with Crippen molar-refractivity contribution in [2.24, 2.45) is 10.7 Å². The number of hydrogen-bond acceptors (Lipinski definition) is 5. The highest BCUT2D eigenvalue weighted by Crippen LogP contribution is 2.17. The van der Waals surface area contributed by atoms with Crippen LogP contribution < -0.4 is 5.73 Å². The summed E-state index contributed by atoms with van der Waals surface area (Å²) in [4.78, 5) is 25.0. The van der Waals surface area contributed by atoms with Crippen LogP contribution in [0.4, 0.5) is 11.4 Å². The fourth-order valence-electron chi connectivity index (χ4n) is 1.21. The average Bonchev–Trinajstić information content (AvgIpc) is 2.29. The van der Waals surface area contributed by atoms with Crippen LogP contribution in [0.1, 0.15) is 13.3 Å². The van der Waals surface area contributed by atoms with E-state index in [-0.39, 0.29) is 37.0 Å². The minimum absolute atomic E-state index is 0. The van der Waals surface area contributed by atoms with E-state index < -0.39 is 10.9 Å². The summed E-state index contributed by atoms with van der Waals surface area (Å²) in [5.41, 5.74) is 5.97. The zero-order chi connectivity index (χ0) is 13.5. The predicted molar refractivity (Wildman–Crippen MR) is 72.9 cm³/mol. The Bertz CT molecular complexity index is 473. The number of rotatable bonds is 5. The van der Waals surface area contributed by atoms with Crippen molar-refractivity contribution >= 4 is 35.6 Å². The van der Waals surface area contributed by atoms with Gasteiger partial charge in [0.1, 0.15) is 12.3 Å². The summed E-state index contributed by atoms with van der Waals surface area (Å²) < 4.78 is 4.71. The number of carbonyl (C=O) groups excluding carboxylic acids is 1. The number of esters is 1. The Balaban J connectivity index is 0.00000324. The van der Waals surface area contributed by atoms with Crippen molar-refractivity contribution in [1.29, 1.82) is 0 Å². The van der Waals surface area contributed by atoms with Crippen LogP contribution in [0, 0.1) is 10.1 Å². The van der Waals surface area contributed by atoms with E-state index in [2.05, 4.69) is 4.99 Å². The predicted octanol–water partition coefficient (Wildman–Crippen LogP) is 1.96. The van der Waals surface area contributed by atoms with Crippen molar-refractivity contribution in [3.05, 3.63) is 34.4 Å². The molecular formula is C11H14ClN3O4. The lowest BCUT2D eigenvalue weighted by Crippen LogP contribution is -2.18. The number of halogens is 1. The fourth-order valence-corrected chi connectivity index (χ4v) is 1.21. The third-order valence-electron chi connectivity index (χ3n) is 1.96. The normalized spacial score (nSPS) is 10.5. The van der Waals surface area contributed by atoms with Gasteiger partial charge in [0.05, 0.1) is 17.2 Å². The first kappa shape index (κ1) is 16.9. The van der Waals surface area contributed by atoms with Crippen molar-refractivity contribution in [1.82, 2.24) is 0 Å². The number of amidine groups is 1. The third kappa shape index (κ3) is 5.82. The first-order valence-corrected chi connectivity index (χ1v) is 5.26. The number of hydrogen-bond donors (Lipinski definition) is 1. The maximum absolute atomic E-state index is 11.1. The molecule has 0 aliphatic rings. The van der Waals surface area contributed by atoms with E-state index in [0.717, 1.165) is 0 Å². The number of ether oxygens (including phenoxy) is 1. The van der Waals surface area contributed by atoms with Gasteiger partial charge in [0, 0.05) is 12.1 Å². The maximum Gasteiger partial charge on any atom is 0.313 e. The van der Waals surface area contributed by atoms with Gasteiger partial charge in [0.2, 0.25) is 0 Å². The van der Waals surface area contributed by atoms with E-state index in [1.165, 1.54) is 24.3 Å². The van der Waals surface area contributed by atoms with E-state index in [0.29, 0.717) is 5.69 Å². The van der Waals surface area contributed by atoms with Gasteiger partial charge in [0.25, 0.3) is 5.69 Å². The van der Waals surface area contributed by atoms with Gasteiger partial charge >= 0.3 is 5.97 Å². The summed E-state index contributed by atoms with van der Waals surface area (Å²) in [6.07, 6.45) is -0.106. The number of nitro groups is 1. The summed E-state index contributed by atoms with van der Waals surface area (Å²) in [7, 11) is 0. The zero-order valence-corrected chi connectivity index (χ0v) is 11.1. The van der Waals surface area contributed by atoms with Crippen molar-refractivity contribution < 1.29 is 14.5 Å². The van der Waals surface area contributed by atoms with Gasteiger partial charge in [0.15, 0.2) is 0 Å². The first-order valence-electron chi connectivity index (χ1n) is 5.26. The molecular weight excluding hydrogens is 274 g/mol. The summed E-state index contributed by atoms with van der Waals surface area (Å²) in [5, 5.41) is 10.4. The molecule has 0 aliphatic carbocycles. The van der Waals surface area contributed by atoms with Gasteiger partial charge in [-0.2, -0.15) is 0 Å². The molecule has 0 fully saturated rings. The Hall–Kier alpha value is -2.15. The lowest BCUT2D eigenvalue weighted by atomic mass is 10.3. The molecule has 7 nitrogen and oxygen atoms in total. The van der Waals surface area contributed by atoms with E-state index in [9.17, 15) is 14.9 Å². The van der Waals surface area contributed by atoms with Crippen LogP contribution in [0.25, 0.3) is 0 Å². The lowest BCUT2D eigenvalue weighted by molar-refractivity contribution is -0.384. The van der Waals surface area contributed by atoms with E-state index >= 15 is 0 Å². The van der Waals surface area contributed by atoms with Crippen LogP contribution in [0.2, 0.25) is 0 Å². The van der Waals surface area contributed by atoms with Gasteiger partial charge in [-0.25, -0.2) is 4.99 Å². The van der Waals surface area contributed by atoms with Crippen LogP contribution in [-0.4, -0.2) is 23.3 Å². The molecule has 8 heteroatoms. The van der Waals surface area contributed by atoms with Crippen molar-refractivity contribution in [3.8, 4) is 0 Å². The smallest absolute Gasteiger partial charge is 0.313 e. The molecule has 0 amide bonds. The third-order valence-corrected chi connectivity index (χ3v) is 1.96. The first-order chi connectivity index (χ1) is 8.52. The Labute approximate surface area is 116 Å². The van der Waals surface area contributed by atoms with Crippen molar-refractivity contribution in [3.63, 3.8) is 0 Å². The Kier molecular flexibility index (Phi) is 7.13. The number of nitrogens with zero attached hydrogens (tertiary/aromatic N) is 2. The molecule has 0 radical (unpaired) electrons. The van der Waals surface area contributed by atoms with Crippen LogP contribution in [-0.2, 0) is 9.53 Å². The molecule has 2 N–H and O–H groups in total. The molecule has 0 bridgehead atoms. The molecule has 0 atom stereocenters. The highest BCUT2D eigenvalue weighted by Gasteiger charge is 2.06. The number of non-ortho nitro benzene ring substituents is 1. The molecule has 1 aromatic rings. The maximum atomic E-state index is 11.1. The number of aliphatic imine (C=N–C) groups is 1. The van der Waals surface area contributed by atoms with Crippen molar-refractivity contribution in [2.75, 3.05) is 6.61 Å². The largest absolute Gasteiger partial charge is 0.466 e. The molecule has 104 valence electrons. The van der Waals surface area contributed by atoms with Crippen LogP contribution in [0.3, 0.4) is 0 Å². The average molecular weight is 288 g/mol. The molecule has 0 spiro atoms. The van der Waals surface area contributed by atoms with Crippen molar-refractivity contribution in [2.45, 2.75) is 13.3 Å². The van der Waals surface area contributed by atoms with E-state index in [4.69, 9.17) is 10.5 Å². The quantitative estimate of drug-likeness (QED) is 0.293. The highest BCUT2D eigenvalue weighted by atomic mass is 35.5. The second-order valence-corrected chi connectivity index (χ2v) is 3.36. The number of nitro benzene ring substituents is 1. The minimum Gasteiger partial charge on any atom is -0.466 e. The Morgan fingerprint density at radius 3 is 2.47 bits per heavy atom. The summed E-state index contributed by atoms with van der Waals surface area (Å²) >= 11 is 0. The zero-order valence-electron chi connectivity index (χ0n) is 10.2. The van der Waals surface area contributed by atoms with Crippen LogP contribution >= 0.6 is 12.4 Å². The Morgan fingerprint density at radius 1 is 1.42 bits per heavy atom. The number of nitrogens with two attached hydrogens (primary N) is 1. The molecule has 1 rings (SSSR count). The van der Waals surface area contributed by atoms with Gasteiger partial charge in [-0.05, 0) is 19.1 Å². The van der Waals surface area contributed by atoms with Gasteiger partial charge in [-0.1, -0.05) is 0 Å². The van der Waals surface area contributed by atoms with Crippen LogP contribution in [0.15, 0.2) is 29.3 Å². The molecule has 1 aromatic carbocycles. The Morgan fingerprint density at radius 2 is 2.00 bits per heavy atom. The van der Waals surface area contributed by atoms with Gasteiger partial charge in [-0.3, -0.25) is 14.9 Å². The van der Waals surface area contributed by atoms with E-state index in [1.54, 1.807) is 6.92 Å². The lowest BCUT2D eigenvalue weighted by Gasteiger charge is -2.01. The minimum atomic E-state index is -0.504. The van der Waals surface area contributed by atoms with E-state index in [1.807, 2.05) is 0 Å². The second kappa shape index (κ2) is 8.04. The molecule has 0 unspecified atom stereocenters. The monoisotopic (exact) mass is 287 g/mol. The molecule has 19 heavy (non-hydrogen) atoms. The number of benzene rings is 1. The SMILES string of the molecule is CCOC(=O)CC(N)=Nc1ccc([N+](=O)[O-])cc1.Cl. The summed E-state index contributed by atoms with van der Waals surface area (Å²) in [6.45, 7) is 1.98. The topological polar surface area (TPSA) is 108 Å². The fraction of sp³-hybridized carbons (Fsp3) is 0.273. The molecule has 0 aromatic heterocycles. The molecule has 0 saturated carbocycles. The molecule has 0 heterocycles. The molecule has 0 aliphatic heterocycles.